The summed E-state index contributed by atoms with van der Waals surface area (Å²) in [5, 5.41) is 18.5. The lowest BCUT2D eigenvalue weighted by Gasteiger charge is -2.29. The third-order valence-corrected chi connectivity index (χ3v) is 9.25. The summed E-state index contributed by atoms with van der Waals surface area (Å²) >= 11 is 9.09. The molecule has 2 bridgehead atoms. The van der Waals surface area contributed by atoms with E-state index < -0.39 is 69.2 Å². The zero-order valence-corrected chi connectivity index (χ0v) is 23.4. The van der Waals surface area contributed by atoms with Crippen molar-refractivity contribution in [3.05, 3.63) is 18.3 Å². The SMILES string of the molecule is N=C1N=C2C(N=NN2[C@@H]2O[C@@H]3COP(O)(=S)OCCn4c(nc5cncnc54)COP(=O)(S)O[C@@H]2[C@@H]3F)C(=O)N1. The van der Waals surface area contributed by atoms with Gasteiger partial charge in [0.1, 0.15) is 36.5 Å². The van der Waals surface area contributed by atoms with Crippen LogP contribution in [0.2, 0.25) is 0 Å². The number of fused-ring (bicyclic) bond motifs is 6. The molecule has 0 radical (unpaired) electrons. The smallest absolute Gasteiger partial charge is 0.345 e. The Morgan fingerprint density at radius 3 is 2.98 bits per heavy atom. The molecule has 1 amide bonds. The molecule has 4 aliphatic rings. The van der Waals surface area contributed by atoms with E-state index in [9.17, 15) is 14.3 Å². The van der Waals surface area contributed by atoms with Crippen molar-refractivity contribution in [3.8, 4) is 0 Å². The van der Waals surface area contributed by atoms with Crippen LogP contribution >= 0.6 is 25.8 Å². The average Bonchev–Trinajstić information content (AvgIpc) is 3.55. The summed E-state index contributed by atoms with van der Waals surface area (Å²) in [7, 11) is 0. The monoisotopic (exact) mass is 636 g/mol. The van der Waals surface area contributed by atoms with Crippen LogP contribution in [0.25, 0.3) is 11.2 Å². The van der Waals surface area contributed by atoms with Crippen LogP contribution in [0.5, 0.6) is 0 Å². The summed E-state index contributed by atoms with van der Waals surface area (Å²) in [6, 6.07) is -1.23. The van der Waals surface area contributed by atoms with Gasteiger partial charge in [0.2, 0.25) is 12.0 Å². The van der Waals surface area contributed by atoms with E-state index in [0.29, 0.717) is 11.2 Å². The van der Waals surface area contributed by atoms with Crippen molar-refractivity contribution in [2.75, 3.05) is 13.2 Å². The Morgan fingerprint density at radius 1 is 1.32 bits per heavy atom. The molecule has 18 nitrogen and oxygen atoms in total. The van der Waals surface area contributed by atoms with Crippen molar-refractivity contribution in [1.82, 2.24) is 29.8 Å². The Kier molecular flexibility index (Phi) is 7.31. The van der Waals surface area contributed by atoms with Crippen LogP contribution in [-0.2, 0) is 57.1 Å². The van der Waals surface area contributed by atoms with Gasteiger partial charge in [0.15, 0.2) is 23.9 Å². The lowest BCUT2D eigenvalue weighted by molar-refractivity contribution is -0.119. The molecule has 2 aromatic rings. The first kappa shape index (κ1) is 27.8. The number of thiol groups is 1. The Hall–Kier alpha value is -2.32. The minimum Gasteiger partial charge on any atom is -0.345 e. The fourth-order valence-corrected chi connectivity index (χ4v) is 6.80. The maximum absolute atomic E-state index is 15.8. The van der Waals surface area contributed by atoms with E-state index in [1.807, 2.05) is 0 Å². The number of hydrogen-bond donors (Lipinski definition) is 4. The van der Waals surface area contributed by atoms with E-state index in [0.717, 1.165) is 5.01 Å². The van der Waals surface area contributed by atoms with Gasteiger partial charge < -0.3 is 23.2 Å². The largest absolute Gasteiger partial charge is 0.387 e. The molecule has 23 heteroatoms. The molecule has 40 heavy (non-hydrogen) atoms. The van der Waals surface area contributed by atoms with E-state index in [2.05, 4.69) is 47.8 Å². The number of imidazole rings is 1. The van der Waals surface area contributed by atoms with Gasteiger partial charge in [-0.15, -0.1) is 5.11 Å². The van der Waals surface area contributed by atoms with Crippen LogP contribution in [0.1, 0.15) is 5.82 Å². The van der Waals surface area contributed by atoms with Crippen LogP contribution in [-0.4, -0.2) is 91.0 Å². The molecule has 0 saturated carbocycles. The molecule has 6 rings (SSSR count). The van der Waals surface area contributed by atoms with Crippen LogP contribution in [0.4, 0.5) is 4.39 Å². The molecule has 3 unspecified atom stereocenters. The van der Waals surface area contributed by atoms with E-state index in [4.69, 9.17) is 40.0 Å². The second kappa shape index (κ2) is 10.5. The molecule has 2 aromatic heterocycles. The molecule has 6 heterocycles. The van der Waals surface area contributed by atoms with Crippen molar-refractivity contribution >= 4 is 66.4 Å². The molecule has 214 valence electrons. The topological polar surface area (TPSA) is 220 Å². The number of aromatic nitrogens is 4. The lowest BCUT2D eigenvalue weighted by Crippen LogP contribution is -2.52. The molecule has 1 saturated heterocycles. The van der Waals surface area contributed by atoms with Crippen LogP contribution in [0, 0.1) is 5.41 Å². The number of amidine groups is 1. The summed E-state index contributed by atoms with van der Waals surface area (Å²) in [6.07, 6.45) is -3.94. The second-order valence-corrected chi connectivity index (χ2v) is 14.3. The maximum atomic E-state index is 15.8. The van der Waals surface area contributed by atoms with E-state index in [1.165, 1.54) is 12.5 Å². The van der Waals surface area contributed by atoms with Crippen LogP contribution in [0.15, 0.2) is 27.9 Å². The highest BCUT2D eigenvalue weighted by molar-refractivity contribution is 8.44. The van der Waals surface area contributed by atoms with Gasteiger partial charge in [-0.05, 0) is 11.8 Å². The van der Waals surface area contributed by atoms with E-state index in [-0.39, 0.29) is 24.8 Å². The molecule has 0 aromatic carbocycles. The van der Waals surface area contributed by atoms with Gasteiger partial charge in [-0.1, -0.05) is 17.5 Å². The average molecular weight is 636 g/mol. The zero-order chi connectivity index (χ0) is 28.2. The molecule has 4 aliphatic heterocycles. The fourth-order valence-electron chi connectivity index (χ4n) is 4.30. The van der Waals surface area contributed by atoms with Gasteiger partial charge in [-0.2, -0.15) is 10.0 Å². The molecular weight excluding hydrogens is 617 g/mol. The molecular formula is C17H19FN10O8P2S2. The zero-order valence-electron chi connectivity index (χ0n) is 19.9. The predicted octanol–water partition coefficient (Wildman–Crippen LogP) is 0.607. The van der Waals surface area contributed by atoms with Gasteiger partial charge >= 0.3 is 13.5 Å². The number of carbonyl (C=O) groups is 1. The Labute approximate surface area is 233 Å². The number of ether oxygens (including phenoxy) is 1. The minimum atomic E-state index is -4.33. The fraction of sp³-hybridized carbons (Fsp3) is 0.529. The van der Waals surface area contributed by atoms with Crippen LogP contribution < -0.4 is 5.32 Å². The summed E-state index contributed by atoms with van der Waals surface area (Å²) < 4.78 is 58.1. The van der Waals surface area contributed by atoms with Gasteiger partial charge in [0.05, 0.1) is 19.4 Å². The summed E-state index contributed by atoms with van der Waals surface area (Å²) in [5.41, 5.74) is 0.793. The van der Waals surface area contributed by atoms with Gasteiger partial charge in [0, 0.05) is 6.54 Å². The quantitative estimate of drug-likeness (QED) is 0.249. The highest BCUT2D eigenvalue weighted by Gasteiger charge is 2.55. The number of hydrogen-bond acceptors (Lipinski definition) is 15. The molecule has 7 atom stereocenters. The third kappa shape index (κ3) is 5.34. The number of nitrogens with one attached hydrogen (secondary N) is 2. The number of alkyl halides is 1. The Balaban J connectivity index is 1.33. The van der Waals surface area contributed by atoms with Gasteiger partial charge in [0.25, 0.3) is 5.91 Å². The van der Waals surface area contributed by atoms with E-state index >= 15 is 4.39 Å². The molecule has 0 spiro atoms. The third-order valence-electron chi connectivity index (χ3n) is 6.04. The first-order chi connectivity index (χ1) is 19.0. The number of aliphatic imine (C=N–C) groups is 1. The summed E-state index contributed by atoms with van der Waals surface area (Å²) in [6.45, 7) is -9.26. The molecule has 1 fully saturated rings. The lowest BCUT2D eigenvalue weighted by atomic mass is 10.1. The standard InChI is InChI=1S/C17H19FN10O8P2S2/c18-10-8-4-33-37(30,39)32-2-1-27-9(22-7-3-20-6-21-13(7)27)5-34-38(31,40)36-12(10)16(35-8)28-14-11(25-26-28)15(29)24-17(19)23-14/h3,6,8,10-12,16H,1-2,4-5H2,(H,30,39)(H,31,40)(H2,19,24,29)/t8-,10-,11?,12-,16-,37?,38?/m1/s1. The van der Waals surface area contributed by atoms with E-state index in [1.54, 1.807) is 4.57 Å². The van der Waals surface area contributed by atoms with Gasteiger partial charge in [-0.3, -0.25) is 24.6 Å². The van der Waals surface area contributed by atoms with Crippen molar-refractivity contribution < 1.29 is 41.5 Å². The van der Waals surface area contributed by atoms with Crippen molar-refractivity contribution in [2.24, 2.45) is 15.3 Å². The first-order valence-corrected chi connectivity index (χ1v) is 16.7. The Morgan fingerprint density at radius 2 is 2.15 bits per heavy atom. The van der Waals surface area contributed by atoms with Crippen LogP contribution in [0.3, 0.4) is 0 Å². The van der Waals surface area contributed by atoms with Crippen molar-refractivity contribution in [1.29, 1.82) is 5.41 Å². The number of guanidine groups is 1. The normalized spacial score (nSPS) is 36.9. The van der Waals surface area contributed by atoms with Gasteiger partial charge in [-0.25, -0.2) is 23.9 Å². The number of carbonyl (C=O) groups excluding carboxylic acids is 1. The highest BCUT2D eigenvalue weighted by atomic mass is 32.7. The number of halogens is 1. The maximum Gasteiger partial charge on any atom is 0.387 e. The summed E-state index contributed by atoms with van der Waals surface area (Å²) in [4.78, 5) is 39.2. The second-order valence-electron chi connectivity index (χ2n) is 8.59. The van der Waals surface area contributed by atoms with Crippen molar-refractivity contribution in [2.45, 2.75) is 43.8 Å². The first-order valence-electron chi connectivity index (χ1n) is 11.4. The molecule has 3 N–H and O–H groups in total. The number of amides is 1. The summed E-state index contributed by atoms with van der Waals surface area (Å²) in [5.74, 6) is -1.10. The predicted molar refractivity (Wildman–Crippen MR) is 137 cm³/mol. The minimum absolute atomic E-state index is 0.0917. The molecule has 0 aliphatic carbocycles. The Bertz CT molecular complexity index is 1540. The van der Waals surface area contributed by atoms with Crippen molar-refractivity contribution in [3.63, 3.8) is 0 Å². The number of nitrogens with zero attached hydrogens (tertiary/aromatic N) is 8. The highest BCUT2D eigenvalue weighted by Crippen LogP contribution is 2.57. The number of rotatable bonds is 1.